The number of ether oxygens (including phenoxy) is 1. The molecule has 0 aliphatic heterocycles. The standard InChI is InChI=1S/C27H28F3N7O2/c1-39-22-4-2-3-21(28)25(22)26-31-10-9-23(36-26)35-24-11-16(12-32-18-5-7-19(38)8-6-18)20(14-33-24)17-13-34-37(15-17)27(29)30/h2-4,9-11,13-15,18-19,27,32,38H,5-8,12H2,1H3,(H,31,33,35,36). The molecule has 0 radical (unpaired) electrons. The third-order valence-electron chi connectivity index (χ3n) is 6.71. The minimum Gasteiger partial charge on any atom is -0.496 e. The Bertz CT molecular complexity index is 1420. The van der Waals surface area contributed by atoms with E-state index in [-0.39, 0.29) is 23.5 Å². The van der Waals surface area contributed by atoms with E-state index in [4.69, 9.17) is 4.74 Å². The Labute approximate surface area is 223 Å². The molecule has 0 spiro atoms. The summed E-state index contributed by atoms with van der Waals surface area (Å²) in [6.45, 7) is -2.29. The van der Waals surface area contributed by atoms with Gasteiger partial charge >= 0.3 is 6.55 Å². The molecule has 9 nitrogen and oxygen atoms in total. The van der Waals surface area contributed by atoms with Gasteiger partial charge in [-0.15, -0.1) is 0 Å². The SMILES string of the molecule is COc1cccc(F)c1-c1nccc(Nc2cc(CNC3CCC(O)CC3)c(-c3cnn(C(F)F)c3)cn2)n1. The van der Waals surface area contributed by atoms with E-state index in [0.717, 1.165) is 31.2 Å². The van der Waals surface area contributed by atoms with Gasteiger partial charge < -0.3 is 20.5 Å². The fourth-order valence-electron chi connectivity index (χ4n) is 4.66. The summed E-state index contributed by atoms with van der Waals surface area (Å²) >= 11 is 0. The van der Waals surface area contributed by atoms with Crippen molar-refractivity contribution in [3.63, 3.8) is 0 Å². The van der Waals surface area contributed by atoms with Gasteiger partial charge in [0.25, 0.3) is 0 Å². The average molecular weight is 540 g/mol. The number of aromatic nitrogens is 5. The van der Waals surface area contributed by atoms with Crippen molar-refractivity contribution in [1.82, 2.24) is 30.0 Å². The number of benzene rings is 1. The number of anilines is 2. The molecule has 0 atom stereocenters. The number of methoxy groups -OCH3 is 1. The smallest absolute Gasteiger partial charge is 0.333 e. The molecule has 1 saturated carbocycles. The van der Waals surface area contributed by atoms with Crippen LogP contribution in [0.15, 0.2) is 55.1 Å². The predicted molar refractivity (Wildman–Crippen MR) is 139 cm³/mol. The van der Waals surface area contributed by atoms with Crippen LogP contribution in [0.25, 0.3) is 22.5 Å². The van der Waals surface area contributed by atoms with E-state index < -0.39 is 12.4 Å². The Kier molecular flexibility index (Phi) is 8.03. The van der Waals surface area contributed by atoms with Crippen LogP contribution in [0, 0.1) is 5.82 Å². The van der Waals surface area contributed by atoms with Gasteiger partial charge in [-0.2, -0.15) is 13.9 Å². The maximum Gasteiger partial charge on any atom is 0.333 e. The van der Waals surface area contributed by atoms with Gasteiger partial charge in [-0.05, 0) is 55.5 Å². The lowest BCUT2D eigenvalue weighted by atomic mass is 9.93. The van der Waals surface area contributed by atoms with Crippen LogP contribution in [-0.4, -0.2) is 49.1 Å². The number of nitrogens with one attached hydrogen (secondary N) is 2. The maximum absolute atomic E-state index is 14.6. The second-order valence-corrected chi connectivity index (χ2v) is 9.31. The van der Waals surface area contributed by atoms with Gasteiger partial charge in [-0.3, -0.25) is 0 Å². The first-order chi connectivity index (χ1) is 18.9. The lowest BCUT2D eigenvalue weighted by molar-refractivity contribution is 0.0566. The van der Waals surface area contributed by atoms with E-state index in [1.807, 2.05) is 6.07 Å². The Morgan fingerprint density at radius 2 is 1.92 bits per heavy atom. The van der Waals surface area contributed by atoms with Gasteiger partial charge in [0, 0.05) is 42.3 Å². The summed E-state index contributed by atoms with van der Waals surface area (Å²) < 4.78 is 46.8. The molecule has 5 rings (SSSR count). The molecule has 1 aliphatic rings. The lowest BCUT2D eigenvalue weighted by Crippen LogP contribution is -2.34. The molecule has 1 fully saturated rings. The number of alkyl halides is 2. The summed E-state index contributed by atoms with van der Waals surface area (Å²) in [4.78, 5) is 13.1. The molecule has 4 aromatic rings. The van der Waals surface area contributed by atoms with Crippen LogP contribution >= 0.6 is 0 Å². The molecule has 1 aromatic carbocycles. The van der Waals surface area contributed by atoms with Crippen molar-refractivity contribution in [2.24, 2.45) is 0 Å². The number of aliphatic hydroxyl groups excluding tert-OH is 1. The zero-order valence-corrected chi connectivity index (χ0v) is 21.2. The minimum atomic E-state index is -2.75. The van der Waals surface area contributed by atoms with Crippen molar-refractivity contribution in [3.05, 3.63) is 66.5 Å². The first kappa shape index (κ1) is 26.6. The molecule has 12 heteroatoms. The molecule has 204 valence electrons. The topological polar surface area (TPSA) is 110 Å². The van der Waals surface area contributed by atoms with Crippen molar-refractivity contribution >= 4 is 11.6 Å². The van der Waals surface area contributed by atoms with E-state index in [1.54, 1.807) is 24.4 Å². The Balaban J connectivity index is 1.42. The molecular weight excluding hydrogens is 511 g/mol. The minimum absolute atomic E-state index is 0.144. The first-order valence-electron chi connectivity index (χ1n) is 12.6. The molecule has 1 aliphatic carbocycles. The number of aliphatic hydroxyl groups is 1. The van der Waals surface area contributed by atoms with Gasteiger partial charge in [0.15, 0.2) is 5.82 Å². The molecule has 3 aromatic heterocycles. The van der Waals surface area contributed by atoms with Gasteiger partial charge in [-0.25, -0.2) is 24.0 Å². The third kappa shape index (κ3) is 6.18. The monoisotopic (exact) mass is 539 g/mol. The highest BCUT2D eigenvalue weighted by atomic mass is 19.3. The van der Waals surface area contributed by atoms with Crippen LogP contribution in [0.2, 0.25) is 0 Å². The molecule has 39 heavy (non-hydrogen) atoms. The number of nitrogens with zero attached hydrogens (tertiary/aromatic N) is 5. The van der Waals surface area contributed by atoms with Crippen molar-refractivity contribution < 1.29 is 23.0 Å². The summed E-state index contributed by atoms with van der Waals surface area (Å²) in [6.07, 6.45) is 8.66. The second kappa shape index (κ2) is 11.8. The van der Waals surface area contributed by atoms with Gasteiger partial charge in [0.1, 0.15) is 23.2 Å². The largest absolute Gasteiger partial charge is 0.496 e. The summed E-state index contributed by atoms with van der Waals surface area (Å²) in [5.41, 5.74) is 2.14. The number of hydrogen-bond acceptors (Lipinski definition) is 8. The molecule has 3 heterocycles. The zero-order valence-electron chi connectivity index (χ0n) is 21.2. The highest BCUT2D eigenvalue weighted by Crippen LogP contribution is 2.31. The normalized spacial score (nSPS) is 17.4. The van der Waals surface area contributed by atoms with Gasteiger partial charge in [-0.1, -0.05) is 6.07 Å². The summed E-state index contributed by atoms with van der Waals surface area (Å²) in [6, 6.07) is 8.15. The Morgan fingerprint density at radius 3 is 2.67 bits per heavy atom. The van der Waals surface area contributed by atoms with Crippen molar-refractivity contribution in [3.8, 4) is 28.3 Å². The van der Waals surface area contributed by atoms with Crippen LogP contribution in [0.3, 0.4) is 0 Å². The fourth-order valence-corrected chi connectivity index (χ4v) is 4.66. The van der Waals surface area contributed by atoms with Crippen molar-refractivity contribution in [2.75, 3.05) is 12.4 Å². The molecule has 0 saturated heterocycles. The molecular formula is C27H28F3N7O2. The first-order valence-corrected chi connectivity index (χ1v) is 12.6. The molecule has 3 N–H and O–H groups in total. The van der Waals surface area contributed by atoms with Gasteiger partial charge in [0.05, 0.1) is 25.0 Å². The zero-order chi connectivity index (χ0) is 27.4. The highest BCUT2D eigenvalue weighted by molar-refractivity contribution is 5.69. The van der Waals surface area contributed by atoms with Crippen LogP contribution in [0.5, 0.6) is 5.75 Å². The third-order valence-corrected chi connectivity index (χ3v) is 6.71. The summed E-state index contributed by atoms with van der Waals surface area (Å²) in [5.74, 6) is 0.786. The Morgan fingerprint density at radius 1 is 1.10 bits per heavy atom. The number of hydrogen-bond donors (Lipinski definition) is 3. The maximum atomic E-state index is 14.6. The fraction of sp³-hybridized carbons (Fsp3) is 0.333. The van der Waals surface area contributed by atoms with Crippen LogP contribution in [0.4, 0.5) is 24.8 Å². The highest BCUT2D eigenvalue weighted by Gasteiger charge is 2.20. The average Bonchev–Trinajstić information content (AvgIpc) is 3.43. The molecule has 0 amide bonds. The van der Waals surface area contributed by atoms with Crippen molar-refractivity contribution in [1.29, 1.82) is 0 Å². The van der Waals surface area contributed by atoms with E-state index in [9.17, 15) is 18.3 Å². The number of halogens is 3. The van der Waals surface area contributed by atoms with Crippen LogP contribution in [0.1, 0.15) is 37.8 Å². The van der Waals surface area contributed by atoms with Crippen LogP contribution in [-0.2, 0) is 6.54 Å². The predicted octanol–water partition coefficient (Wildman–Crippen LogP) is 5.08. The summed E-state index contributed by atoms with van der Waals surface area (Å²) in [5, 5.41) is 20.2. The van der Waals surface area contributed by atoms with Crippen molar-refractivity contribution in [2.45, 2.75) is 50.9 Å². The molecule has 0 bridgehead atoms. The number of pyridine rings is 1. The van der Waals surface area contributed by atoms with E-state index in [2.05, 4.69) is 30.7 Å². The van der Waals surface area contributed by atoms with E-state index >= 15 is 0 Å². The Hall–Kier alpha value is -4.03. The van der Waals surface area contributed by atoms with Gasteiger partial charge in [0.2, 0.25) is 0 Å². The molecule has 0 unspecified atom stereocenters. The summed E-state index contributed by atoms with van der Waals surface area (Å²) in [7, 11) is 1.45. The van der Waals surface area contributed by atoms with E-state index in [1.165, 1.54) is 31.8 Å². The second-order valence-electron chi connectivity index (χ2n) is 9.31. The quantitative estimate of drug-likeness (QED) is 0.270. The number of rotatable bonds is 9. The van der Waals surface area contributed by atoms with E-state index in [0.29, 0.717) is 39.7 Å². The lowest BCUT2D eigenvalue weighted by Gasteiger charge is -2.26. The van der Waals surface area contributed by atoms with Crippen LogP contribution < -0.4 is 15.4 Å².